The number of halogens is 3. The van der Waals surface area contributed by atoms with Gasteiger partial charge in [0.15, 0.2) is 0 Å². The first-order valence-electron chi connectivity index (χ1n) is 7.14. The molecule has 1 atom stereocenters. The molecular weight excluding hydrogens is 279 g/mol. The zero-order valence-corrected chi connectivity index (χ0v) is 12.5. The third-order valence-corrected chi connectivity index (χ3v) is 4.13. The predicted octanol–water partition coefficient (Wildman–Crippen LogP) is 2.69. The van der Waals surface area contributed by atoms with Gasteiger partial charge in [-0.25, -0.2) is 0 Å². The average Bonchev–Trinajstić information content (AvgIpc) is 2.45. The summed E-state index contributed by atoms with van der Waals surface area (Å²) in [5.74, 6) is 0. The van der Waals surface area contributed by atoms with Crippen molar-refractivity contribution in [2.75, 3.05) is 32.1 Å². The van der Waals surface area contributed by atoms with Crippen LogP contribution in [0.15, 0.2) is 18.2 Å². The second kappa shape index (κ2) is 6.23. The fourth-order valence-corrected chi connectivity index (χ4v) is 2.90. The highest BCUT2D eigenvalue weighted by Gasteiger charge is 2.36. The fraction of sp³-hybridized carbons (Fsp3) is 0.600. The number of likely N-dealkylation sites (N-methyl/N-ethyl adjacent to an activating group) is 2. The lowest BCUT2D eigenvalue weighted by molar-refractivity contribution is -0.137. The maximum Gasteiger partial charge on any atom is 0.418 e. The van der Waals surface area contributed by atoms with Crippen molar-refractivity contribution < 1.29 is 13.2 Å². The summed E-state index contributed by atoms with van der Waals surface area (Å²) in [6, 6.07) is 4.49. The third kappa shape index (κ3) is 3.68. The van der Waals surface area contributed by atoms with Crippen LogP contribution in [0.5, 0.6) is 0 Å². The van der Waals surface area contributed by atoms with Gasteiger partial charge in [-0.2, -0.15) is 13.2 Å². The van der Waals surface area contributed by atoms with Gasteiger partial charge < -0.3 is 15.5 Å². The maximum absolute atomic E-state index is 13.3. The minimum absolute atomic E-state index is 0.105. The minimum Gasteiger partial charge on any atom is -0.370 e. The summed E-state index contributed by atoms with van der Waals surface area (Å²) in [6.07, 6.45) is -2.44. The van der Waals surface area contributed by atoms with Crippen molar-refractivity contribution in [2.24, 2.45) is 5.73 Å². The monoisotopic (exact) mass is 301 g/mol. The maximum atomic E-state index is 13.3. The van der Waals surface area contributed by atoms with Crippen LogP contribution in [0.4, 0.5) is 18.9 Å². The van der Waals surface area contributed by atoms with E-state index in [9.17, 15) is 13.2 Å². The standard InChI is InChI=1S/C15H22F3N3/c1-20-7-3-4-12(10-20)21(2)14-6-5-11(9-19)8-13(14)15(16,17)18/h5-6,8,12H,3-4,7,9-10,19H2,1-2H3. The minimum atomic E-state index is -4.37. The Hall–Kier alpha value is -1.27. The lowest BCUT2D eigenvalue weighted by Crippen LogP contribution is -2.45. The number of anilines is 1. The Labute approximate surface area is 123 Å². The van der Waals surface area contributed by atoms with Crippen molar-refractivity contribution in [3.63, 3.8) is 0 Å². The lowest BCUT2D eigenvalue weighted by atomic mass is 10.0. The number of benzene rings is 1. The lowest BCUT2D eigenvalue weighted by Gasteiger charge is -2.38. The van der Waals surface area contributed by atoms with Gasteiger partial charge >= 0.3 is 6.18 Å². The van der Waals surface area contributed by atoms with Crippen LogP contribution in [-0.4, -0.2) is 38.1 Å². The predicted molar refractivity (Wildman–Crippen MR) is 78.3 cm³/mol. The highest BCUT2D eigenvalue weighted by Crippen LogP contribution is 2.38. The Morgan fingerprint density at radius 1 is 1.38 bits per heavy atom. The summed E-state index contributed by atoms with van der Waals surface area (Å²) >= 11 is 0. The molecule has 21 heavy (non-hydrogen) atoms. The Balaban J connectivity index is 2.33. The summed E-state index contributed by atoms with van der Waals surface area (Å²) in [5.41, 5.74) is 5.60. The molecule has 6 heteroatoms. The second-order valence-corrected chi connectivity index (χ2v) is 5.72. The molecule has 2 rings (SSSR count). The van der Waals surface area contributed by atoms with Crippen LogP contribution < -0.4 is 10.6 Å². The van der Waals surface area contributed by atoms with E-state index >= 15 is 0 Å². The number of hydrogen-bond donors (Lipinski definition) is 1. The van der Waals surface area contributed by atoms with Gasteiger partial charge in [-0.1, -0.05) is 6.07 Å². The number of likely N-dealkylation sites (tertiary alicyclic amines) is 1. The van der Waals surface area contributed by atoms with Gasteiger partial charge in [0.25, 0.3) is 0 Å². The number of piperidine rings is 1. The second-order valence-electron chi connectivity index (χ2n) is 5.72. The van der Waals surface area contributed by atoms with Gasteiger partial charge in [0.05, 0.1) is 5.56 Å². The largest absolute Gasteiger partial charge is 0.418 e. The van der Waals surface area contributed by atoms with Crippen LogP contribution in [0.3, 0.4) is 0 Å². The van der Waals surface area contributed by atoms with E-state index in [-0.39, 0.29) is 18.3 Å². The van der Waals surface area contributed by atoms with E-state index in [1.54, 1.807) is 24.1 Å². The van der Waals surface area contributed by atoms with E-state index < -0.39 is 11.7 Å². The number of hydrogen-bond acceptors (Lipinski definition) is 3. The van der Waals surface area contributed by atoms with Crippen LogP contribution in [0, 0.1) is 0 Å². The van der Waals surface area contributed by atoms with Crippen molar-refractivity contribution in [2.45, 2.75) is 31.6 Å². The smallest absolute Gasteiger partial charge is 0.370 e. The number of alkyl halides is 3. The molecule has 0 bridgehead atoms. The molecule has 0 aromatic heterocycles. The van der Waals surface area contributed by atoms with Crippen LogP contribution in [-0.2, 0) is 12.7 Å². The quantitative estimate of drug-likeness (QED) is 0.931. The van der Waals surface area contributed by atoms with Gasteiger partial charge in [-0.15, -0.1) is 0 Å². The van der Waals surface area contributed by atoms with E-state index in [1.165, 1.54) is 6.07 Å². The average molecular weight is 301 g/mol. The van der Waals surface area contributed by atoms with E-state index in [4.69, 9.17) is 5.73 Å². The Morgan fingerprint density at radius 3 is 2.67 bits per heavy atom. The molecule has 2 N–H and O–H groups in total. The normalized spacial score (nSPS) is 20.6. The Bertz CT molecular complexity index is 488. The first-order chi connectivity index (χ1) is 9.82. The molecule has 1 aromatic carbocycles. The van der Waals surface area contributed by atoms with Gasteiger partial charge in [-0.3, -0.25) is 0 Å². The molecule has 0 radical (unpaired) electrons. The number of rotatable bonds is 3. The van der Waals surface area contributed by atoms with Crippen molar-refractivity contribution in [3.05, 3.63) is 29.3 Å². The van der Waals surface area contributed by atoms with Crippen molar-refractivity contribution >= 4 is 5.69 Å². The molecule has 1 fully saturated rings. The molecule has 1 heterocycles. The van der Waals surface area contributed by atoms with Crippen LogP contribution in [0.25, 0.3) is 0 Å². The van der Waals surface area contributed by atoms with Crippen LogP contribution in [0.1, 0.15) is 24.0 Å². The molecule has 0 aliphatic carbocycles. The Morgan fingerprint density at radius 2 is 2.10 bits per heavy atom. The van der Waals surface area contributed by atoms with E-state index in [0.717, 1.165) is 25.9 Å². The number of nitrogens with two attached hydrogens (primary N) is 1. The number of nitrogens with zero attached hydrogens (tertiary/aromatic N) is 2. The van der Waals surface area contributed by atoms with Crippen molar-refractivity contribution in [1.29, 1.82) is 0 Å². The van der Waals surface area contributed by atoms with Gasteiger partial charge in [0.2, 0.25) is 0 Å². The molecule has 1 unspecified atom stereocenters. The first kappa shape index (κ1) is 16.1. The van der Waals surface area contributed by atoms with Gasteiger partial charge in [0, 0.05) is 31.9 Å². The Kier molecular flexibility index (Phi) is 4.78. The van der Waals surface area contributed by atoms with Crippen molar-refractivity contribution in [3.8, 4) is 0 Å². The molecule has 1 aliphatic heterocycles. The first-order valence-corrected chi connectivity index (χ1v) is 7.14. The molecule has 0 saturated carbocycles. The van der Waals surface area contributed by atoms with E-state index in [0.29, 0.717) is 5.56 Å². The van der Waals surface area contributed by atoms with Crippen LogP contribution in [0.2, 0.25) is 0 Å². The zero-order chi connectivity index (χ0) is 15.6. The molecule has 1 saturated heterocycles. The fourth-order valence-electron chi connectivity index (χ4n) is 2.90. The molecule has 118 valence electrons. The van der Waals surface area contributed by atoms with Crippen LogP contribution >= 0.6 is 0 Å². The zero-order valence-electron chi connectivity index (χ0n) is 12.5. The summed E-state index contributed by atoms with van der Waals surface area (Å²) < 4.78 is 39.9. The van der Waals surface area contributed by atoms with Gasteiger partial charge in [-0.05, 0) is 44.1 Å². The van der Waals surface area contributed by atoms with Gasteiger partial charge in [0.1, 0.15) is 0 Å². The summed E-state index contributed by atoms with van der Waals surface area (Å²) in [4.78, 5) is 3.92. The highest BCUT2D eigenvalue weighted by molar-refractivity contribution is 5.56. The van der Waals surface area contributed by atoms with E-state index in [1.807, 2.05) is 7.05 Å². The SMILES string of the molecule is CN1CCCC(N(C)c2ccc(CN)cc2C(F)(F)F)C1. The summed E-state index contributed by atoms with van der Waals surface area (Å²) in [7, 11) is 3.75. The van der Waals surface area contributed by atoms with Crippen molar-refractivity contribution in [1.82, 2.24) is 4.90 Å². The molecular formula is C15H22F3N3. The molecule has 3 nitrogen and oxygen atoms in total. The topological polar surface area (TPSA) is 32.5 Å². The molecule has 1 aliphatic rings. The third-order valence-electron chi connectivity index (χ3n) is 4.13. The molecule has 1 aromatic rings. The molecule has 0 amide bonds. The van der Waals surface area contributed by atoms with E-state index in [2.05, 4.69) is 4.90 Å². The molecule has 0 spiro atoms. The summed E-state index contributed by atoms with van der Waals surface area (Å²) in [6.45, 7) is 1.90. The summed E-state index contributed by atoms with van der Waals surface area (Å²) in [5, 5.41) is 0. The highest BCUT2D eigenvalue weighted by atomic mass is 19.4.